The Morgan fingerprint density at radius 1 is 1.56 bits per heavy atom. The van der Waals surface area contributed by atoms with Gasteiger partial charge in [-0.05, 0) is 30.5 Å². The molecule has 1 fully saturated rings. The van der Waals surface area contributed by atoms with Crippen LogP contribution in [0.15, 0.2) is 18.2 Å². The number of hydrogen-bond donors (Lipinski definition) is 2. The van der Waals surface area contributed by atoms with Crippen molar-refractivity contribution < 1.29 is 4.79 Å². The maximum atomic E-state index is 11.9. The minimum atomic E-state index is -0.0510. The van der Waals surface area contributed by atoms with Crippen LogP contribution in [0.4, 0.5) is 11.4 Å². The molecule has 0 aromatic heterocycles. The number of anilines is 2. The molecule has 1 aliphatic rings. The van der Waals surface area contributed by atoms with E-state index in [1.165, 1.54) is 12.8 Å². The van der Waals surface area contributed by atoms with Gasteiger partial charge < -0.3 is 16.0 Å². The van der Waals surface area contributed by atoms with E-state index in [1.54, 1.807) is 13.1 Å². The first kappa shape index (κ1) is 12.7. The van der Waals surface area contributed by atoms with E-state index in [4.69, 9.17) is 5.73 Å². The fraction of sp³-hybridized carbons (Fsp3) is 0.500. The van der Waals surface area contributed by atoms with Crippen LogP contribution in [0.25, 0.3) is 0 Å². The second kappa shape index (κ2) is 5.29. The van der Waals surface area contributed by atoms with Crippen LogP contribution in [-0.4, -0.2) is 26.0 Å². The molecule has 0 radical (unpaired) electrons. The number of carbonyl (C=O) groups is 1. The molecule has 1 unspecified atom stereocenters. The van der Waals surface area contributed by atoms with Crippen LogP contribution in [0, 0.1) is 5.92 Å². The first-order valence-electron chi connectivity index (χ1n) is 6.52. The van der Waals surface area contributed by atoms with Crippen LogP contribution in [0.1, 0.15) is 30.1 Å². The van der Waals surface area contributed by atoms with Gasteiger partial charge >= 0.3 is 0 Å². The Bertz CT molecular complexity index is 445. The molecule has 1 atom stereocenters. The van der Waals surface area contributed by atoms with E-state index in [-0.39, 0.29) is 5.91 Å². The third-order valence-electron chi connectivity index (χ3n) is 3.70. The fourth-order valence-electron chi connectivity index (χ4n) is 2.52. The molecule has 4 heteroatoms. The van der Waals surface area contributed by atoms with E-state index in [1.807, 2.05) is 12.1 Å². The Morgan fingerprint density at radius 2 is 2.33 bits per heavy atom. The van der Waals surface area contributed by atoms with Gasteiger partial charge in [0.25, 0.3) is 5.91 Å². The average Bonchev–Trinajstić information content (AvgIpc) is 2.86. The van der Waals surface area contributed by atoms with E-state index in [9.17, 15) is 4.79 Å². The maximum Gasteiger partial charge on any atom is 0.253 e. The number of amides is 1. The lowest BCUT2D eigenvalue weighted by Crippen LogP contribution is -2.26. The third-order valence-corrected chi connectivity index (χ3v) is 3.70. The van der Waals surface area contributed by atoms with E-state index in [0.29, 0.717) is 11.3 Å². The van der Waals surface area contributed by atoms with Crippen LogP contribution in [0.2, 0.25) is 0 Å². The van der Waals surface area contributed by atoms with E-state index in [0.717, 1.165) is 24.7 Å². The predicted octanol–water partition coefficient (Wildman–Crippen LogP) is 1.86. The molecule has 3 N–H and O–H groups in total. The number of benzene rings is 1. The largest absolute Gasteiger partial charge is 0.399 e. The highest BCUT2D eigenvalue weighted by atomic mass is 16.1. The molecule has 1 heterocycles. The molecule has 0 spiro atoms. The Morgan fingerprint density at radius 3 is 2.94 bits per heavy atom. The number of carbonyl (C=O) groups excluding carboxylic acids is 1. The van der Waals surface area contributed by atoms with Gasteiger partial charge in [0.15, 0.2) is 0 Å². The van der Waals surface area contributed by atoms with Crippen LogP contribution < -0.4 is 16.0 Å². The van der Waals surface area contributed by atoms with Crippen molar-refractivity contribution in [2.45, 2.75) is 19.8 Å². The molecule has 18 heavy (non-hydrogen) atoms. The molecule has 1 aromatic carbocycles. The van der Waals surface area contributed by atoms with Crippen molar-refractivity contribution in [3.8, 4) is 0 Å². The van der Waals surface area contributed by atoms with E-state index in [2.05, 4.69) is 17.1 Å². The lowest BCUT2D eigenvalue weighted by molar-refractivity contribution is 0.0963. The van der Waals surface area contributed by atoms with Gasteiger partial charge in [0.2, 0.25) is 0 Å². The quantitative estimate of drug-likeness (QED) is 0.802. The van der Waals surface area contributed by atoms with Crippen LogP contribution in [0.3, 0.4) is 0 Å². The smallest absolute Gasteiger partial charge is 0.253 e. The Kier molecular flexibility index (Phi) is 3.75. The molecule has 1 aliphatic heterocycles. The van der Waals surface area contributed by atoms with Crippen molar-refractivity contribution in [1.29, 1.82) is 0 Å². The van der Waals surface area contributed by atoms with Gasteiger partial charge in [-0.25, -0.2) is 0 Å². The second-order valence-corrected chi connectivity index (χ2v) is 4.86. The summed E-state index contributed by atoms with van der Waals surface area (Å²) >= 11 is 0. The van der Waals surface area contributed by atoms with Crippen molar-refractivity contribution in [3.63, 3.8) is 0 Å². The first-order chi connectivity index (χ1) is 8.65. The molecule has 98 valence electrons. The highest BCUT2D eigenvalue weighted by molar-refractivity contribution is 6.00. The summed E-state index contributed by atoms with van der Waals surface area (Å²) in [7, 11) is 1.65. The number of nitrogens with one attached hydrogen (secondary N) is 1. The Hall–Kier alpha value is -1.71. The number of rotatable bonds is 3. The van der Waals surface area contributed by atoms with Crippen molar-refractivity contribution >= 4 is 17.3 Å². The molecule has 0 bridgehead atoms. The minimum absolute atomic E-state index is 0.0510. The molecule has 2 rings (SSSR count). The lowest BCUT2D eigenvalue weighted by atomic mass is 10.1. The summed E-state index contributed by atoms with van der Waals surface area (Å²) in [5, 5.41) is 2.68. The average molecular weight is 247 g/mol. The Balaban J connectivity index is 2.31. The summed E-state index contributed by atoms with van der Waals surface area (Å²) in [6.07, 6.45) is 2.38. The SMILES string of the molecule is CCC1CCN(c2cc(N)ccc2C(=O)NC)C1. The fourth-order valence-corrected chi connectivity index (χ4v) is 2.52. The highest BCUT2D eigenvalue weighted by Crippen LogP contribution is 2.30. The summed E-state index contributed by atoms with van der Waals surface area (Å²) in [6, 6.07) is 5.49. The monoisotopic (exact) mass is 247 g/mol. The first-order valence-corrected chi connectivity index (χ1v) is 6.52. The van der Waals surface area contributed by atoms with Crippen molar-refractivity contribution in [3.05, 3.63) is 23.8 Å². The van der Waals surface area contributed by atoms with Gasteiger partial charge in [0.1, 0.15) is 0 Å². The molecular weight excluding hydrogens is 226 g/mol. The van der Waals surface area contributed by atoms with Gasteiger partial charge in [-0.1, -0.05) is 13.3 Å². The number of nitrogens with two attached hydrogens (primary N) is 1. The van der Waals surface area contributed by atoms with Crippen LogP contribution in [0.5, 0.6) is 0 Å². The second-order valence-electron chi connectivity index (χ2n) is 4.86. The standard InChI is InChI=1S/C14H21N3O/c1-3-10-6-7-17(9-10)13-8-11(15)4-5-12(13)14(18)16-2/h4-5,8,10H,3,6-7,9,15H2,1-2H3,(H,16,18). The van der Waals surface area contributed by atoms with Crippen molar-refractivity contribution in [2.24, 2.45) is 5.92 Å². The van der Waals surface area contributed by atoms with E-state index >= 15 is 0 Å². The molecule has 1 saturated heterocycles. The third kappa shape index (κ3) is 2.42. The van der Waals surface area contributed by atoms with Gasteiger partial charge in [-0.2, -0.15) is 0 Å². The van der Waals surface area contributed by atoms with Crippen molar-refractivity contribution in [2.75, 3.05) is 30.8 Å². The van der Waals surface area contributed by atoms with Crippen LogP contribution >= 0.6 is 0 Å². The van der Waals surface area contributed by atoms with Gasteiger partial charge in [0, 0.05) is 25.8 Å². The molecular formula is C14H21N3O. The summed E-state index contributed by atoms with van der Waals surface area (Å²) < 4.78 is 0. The van der Waals surface area contributed by atoms with Crippen LogP contribution in [-0.2, 0) is 0 Å². The minimum Gasteiger partial charge on any atom is -0.399 e. The zero-order chi connectivity index (χ0) is 13.1. The van der Waals surface area contributed by atoms with Gasteiger partial charge in [0.05, 0.1) is 11.3 Å². The normalized spacial score (nSPS) is 19.0. The maximum absolute atomic E-state index is 11.9. The molecule has 4 nitrogen and oxygen atoms in total. The van der Waals surface area contributed by atoms with Gasteiger partial charge in [-0.15, -0.1) is 0 Å². The summed E-state index contributed by atoms with van der Waals surface area (Å²) in [5.74, 6) is 0.675. The predicted molar refractivity (Wildman–Crippen MR) is 74.9 cm³/mol. The van der Waals surface area contributed by atoms with Gasteiger partial charge in [-0.3, -0.25) is 4.79 Å². The highest BCUT2D eigenvalue weighted by Gasteiger charge is 2.24. The Labute approximate surface area is 108 Å². The topological polar surface area (TPSA) is 58.4 Å². The zero-order valence-corrected chi connectivity index (χ0v) is 11.1. The van der Waals surface area contributed by atoms with E-state index < -0.39 is 0 Å². The molecule has 0 aliphatic carbocycles. The molecule has 0 saturated carbocycles. The summed E-state index contributed by atoms with van der Waals surface area (Å²) in [6.45, 7) is 4.24. The zero-order valence-electron chi connectivity index (χ0n) is 11.1. The number of nitrogen functional groups attached to an aromatic ring is 1. The van der Waals surface area contributed by atoms with Crippen molar-refractivity contribution in [1.82, 2.24) is 5.32 Å². The number of nitrogens with zero attached hydrogens (tertiary/aromatic N) is 1. The summed E-state index contributed by atoms with van der Waals surface area (Å²) in [5.41, 5.74) is 8.23. The molecule has 1 aromatic rings. The summed E-state index contributed by atoms with van der Waals surface area (Å²) in [4.78, 5) is 14.1. The number of hydrogen-bond acceptors (Lipinski definition) is 3. The lowest BCUT2D eigenvalue weighted by Gasteiger charge is -2.22. The molecule has 1 amide bonds.